The molecule has 0 saturated heterocycles. The number of hydrogen-bond donors (Lipinski definition) is 2. The molecule has 0 amide bonds. The van der Waals surface area contributed by atoms with E-state index in [2.05, 4.69) is 0 Å². The van der Waals surface area contributed by atoms with Gasteiger partial charge in [0.2, 0.25) is 0 Å². The zero-order valence-electron chi connectivity index (χ0n) is 7.46. The number of nitrogens with two attached hydrogens (primary N) is 1. The number of phenols is 1. The average Bonchev–Trinajstić information content (AvgIpc) is 2.10. The van der Waals surface area contributed by atoms with E-state index in [9.17, 15) is 5.11 Å². The number of hydrogen-bond acceptors (Lipinski definition) is 2. The van der Waals surface area contributed by atoms with Gasteiger partial charge in [0.15, 0.2) is 0 Å². The summed E-state index contributed by atoms with van der Waals surface area (Å²) in [4.78, 5) is 0. The Morgan fingerprint density at radius 1 is 1.31 bits per heavy atom. The minimum absolute atomic E-state index is 0.282. The van der Waals surface area contributed by atoms with Gasteiger partial charge in [-0.3, -0.25) is 0 Å². The van der Waals surface area contributed by atoms with Gasteiger partial charge in [-0.2, -0.15) is 0 Å². The van der Waals surface area contributed by atoms with Gasteiger partial charge in [-0.25, -0.2) is 0 Å². The lowest BCUT2D eigenvalue weighted by molar-refractivity contribution is 0.467. The minimum Gasteiger partial charge on any atom is -0.508 e. The van der Waals surface area contributed by atoms with E-state index in [0.29, 0.717) is 11.6 Å². The van der Waals surface area contributed by atoms with Gasteiger partial charge in [0, 0.05) is 10.6 Å². The summed E-state index contributed by atoms with van der Waals surface area (Å²) in [7, 11) is 0. The van der Waals surface area contributed by atoms with Crippen molar-refractivity contribution in [2.24, 2.45) is 5.73 Å². The second-order valence-electron chi connectivity index (χ2n) is 2.98. The summed E-state index contributed by atoms with van der Waals surface area (Å²) in [5.74, 6) is 0.282. The Kier molecular flexibility index (Phi) is 4.06. The van der Waals surface area contributed by atoms with E-state index < -0.39 is 0 Å². The van der Waals surface area contributed by atoms with E-state index in [4.69, 9.17) is 17.3 Å². The largest absolute Gasteiger partial charge is 0.508 e. The quantitative estimate of drug-likeness (QED) is 0.732. The highest BCUT2D eigenvalue weighted by molar-refractivity contribution is 6.31. The summed E-state index contributed by atoms with van der Waals surface area (Å²) < 4.78 is 0. The maximum Gasteiger partial charge on any atom is 0.120 e. The first-order chi connectivity index (χ1) is 6.25. The van der Waals surface area contributed by atoms with Gasteiger partial charge < -0.3 is 10.8 Å². The third-order valence-corrected chi connectivity index (χ3v) is 2.33. The second kappa shape index (κ2) is 5.10. The SMILES string of the molecule is NCCCCc1c(O)cccc1Cl. The highest BCUT2D eigenvalue weighted by atomic mass is 35.5. The Bertz CT molecular complexity index is 255. The zero-order valence-corrected chi connectivity index (χ0v) is 8.22. The van der Waals surface area contributed by atoms with Crippen LogP contribution in [0.15, 0.2) is 18.2 Å². The molecule has 13 heavy (non-hydrogen) atoms. The molecule has 0 radical (unpaired) electrons. The highest BCUT2D eigenvalue weighted by Crippen LogP contribution is 2.26. The number of aromatic hydroxyl groups is 1. The van der Waals surface area contributed by atoms with E-state index in [1.165, 1.54) is 0 Å². The third-order valence-electron chi connectivity index (χ3n) is 1.98. The monoisotopic (exact) mass is 199 g/mol. The van der Waals surface area contributed by atoms with Crippen LogP contribution in [0.3, 0.4) is 0 Å². The van der Waals surface area contributed by atoms with Crippen molar-refractivity contribution >= 4 is 11.6 Å². The Hall–Kier alpha value is -0.730. The van der Waals surface area contributed by atoms with E-state index in [1.54, 1.807) is 18.2 Å². The van der Waals surface area contributed by atoms with Gasteiger partial charge in [-0.1, -0.05) is 17.7 Å². The molecule has 0 heterocycles. The van der Waals surface area contributed by atoms with Gasteiger partial charge in [0.25, 0.3) is 0 Å². The molecule has 1 aromatic carbocycles. The van der Waals surface area contributed by atoms with Crippen LogP contribution in [0.25, 0.3) is 0 Å². The summed E-state index contributed by atoms with van der Waals surface area (Å²) in [6.45, 7) is 0.686. The average molecular weight is 200 g/mol. The van der Waals surface area contributed by atoms with Crippen molar-refractivity contribution < 1.29 is 5.11 Å². The zero-order chi connectivity index (χ0) is 9.68. The van der Waals surface area contributed by atoms with Crippen LogP contribution in [0.4, 0.5) is 0 Å². The molecule has 0 bridgehead atoms. The van der Waals surface area contributed by atoms with Crippen LogP contribution < -0.4 is 5.73 Å². The first-order valence-electron chi connectivity index (χ1n) is 4.42. The smallest absolute Gasteiger partial charge is 0.120 e. The number of rotatable bonds is 4. The second-order valence-corrected chi connectivity index (χ2v) is 3.39. The molecule has 0 unspecified atom stereocenters. The standard InChI is InChI=1S/C10H14ClNO/c11-9-5-3-6-10(13)8(9)4-1-2-7-12/h3,5-6,13H,1-2,4,7,12H2. The van der Waals surface area contributed by atoms with E-state index in [0.717, 1.165) is 24.8 Å². The lowest BCUT2D eigenvalue weighted by Crippen LogP contribution is -1.99. The molecular formula is C10H14ClNO. The predicted octanol–water partition coefficient (Wildman–Crippen LogP) is 2.33. The molecule has 0 aliphatic heterocycles. The summed E-state index contributed by atoms with van der Waals surface area (Å²) in [6.07, 6.45) is 2.72. The molecule has 0 atom stereocenters. The molecule has 2 nitrogen and oxygen atoms in total. The van der Waals surface area contributed by atoms with Gasteiger partial charge >= 0.3 is 0 Å². The number of unbranched alkanes of at least 4 members (excludes halogenated alkanes) is 1. The van der Waals surface area contributed by atoms with Crippen LogP contribution in [0.2, 0.25) is 5.02 Å². The van der Waals surface area contributed by atoms with Gasteiger partial charge in [0.05, 0.1) is 0 Å². The van der Waals surface area contributed by atoms with Crippen molar-refractivity contribution in [1.82, 2.24) is 0 Å². The number of phenolic OH excluding ortho intramolecular Hbond substituents is 1. The molecule has 0 aromatic heterocycles. The molecule has 0 fully saturated rings. The molecular weight excluding hydrogens is 186 g/mol. The molecule has 0 aliphatic carbocycles. The molecule has 0 saturated carbocycles. The Morgan fingerprint density at radius 3 is 2.69 bits per heavy atom. The summed E-state index contributed by atoms with van der Waals surface area (Å²) in [5, 5.41) is 10.1. The topological polar surface area (TPSA) is 46.2 Å². The molecule has 1 rings (SSSR count). The van der Waals surface area contributed by atoms with Crippen LogP contribution >= 0.6 is 11.6 Å². The van der Waals surface area contributed by atoms with E-state index in [1.807, 2.05) is 0 Å². The molecule has 0 aliphatic rings. The molecule has 0 spiro atoms. The maximum atomic E-state index is 9.47. The fourth-order valence-corrected chi connectivity index (χ4v) is 1.50. The normalized spacial score (nSPS) is 10.3. The highest BCUT2D eigenvalue weighted by Gasteiger charge is 2.04. The Labute approximate surface area is 83.3 Å². The van der Waals surface area contributed by atoms with E-state index >= 15 is 0 Å². The third kappa shape index (κ3) is 2.90. The molecule has 3 heteroatoms. The van der Waals surface area contributed by atoms with Crippen molar-refractivity contribution in [2.45, 2.75) is 19.3 Å². The van der Waals surface area contributed by atoms with Crippen molar-refractivity contribution in [3.05, 3.63) is 28.8 Å². The van der Waals surface area contributed by atoms with Crippen LogP contribution in [0.1, 0.15) is 18.4 Å². The van der Waals surface area contributed by atoms with Gasteiger partial charge in [-0.15, -0.1) is 0 Å². The lowest BCUT2D eigenvalue weighted by atomic mass is 10.1. The van der Waals surface area contributed by atoms with Crippen LogP contribution in [0.5, 0.6) is 5.75 Å². The Balaban J connectivity index is 2.64. The maximum absolute atomic E-state index is 9.47. The number of halogens is 1. The fraction of sp³-hybridized carbons (Fsp3) is 0.400. The van der Waals surface area contributed by atoms with Crippen LogP contribution in [-0.2, 0) is 6.42 Å². The summed E-state index contributed by atoms with van der Waals surface area (Å²) >= 11 is 5.92. The summed E-state index contributed by atoms with van der Waals surface area (Å²) in [6, 6.07) is 5.19. The predicted molar refractivity (Wildman–Crippen MR) is 55.1 cm³/mol. The molecule has 3 N–H and O–H groups in total. The van der Waals surface area contributed by atoms with Crippen LogP contribution in [-0.4, -0.2) is 11.7 Å². The summed E-state index contributed by atoms with van der Waals surface area (Å²) in [5.41, 5.74) is 6.20. The number of benzene rings is 1. The van der Waals surface area contributed by atoms with Crippen LogP contribution in [0, 0.1) is 0 Å². The minimum atomic E-state index is 0.282. The van der Waals surface area contributed by atoms with Crippen molar-refractivity contribution in [2.75, 3.05) is 6.54 Å². The van der Waals surface area contributed by atoms with Crippen molar-refractivity contribution in [3.8, 4) is 5.75 Å². The van der Waals surface area contributed by atoms with E-state index in [-0.39, 0.29) is 5.75 Å². The Morgan fingerprint density at radius 2 is 2.08 bits per heavy atom. The van der Waals surface area contributed by atoms with Crippen molar-refractivity contribution in [3.63, 3.8) is 0 Å². The fourth-order valence-electron chi connectivity index (χ4n) is 1.24. The molecule has 72 valence electrons. The molecule has 1 aromatic rings. The first kappa shape index (κ1) is 10.4. The first-order valence-corrected chi connectivity index (χ1v) is 4.80. The van der Waals surface area contributed by atoms with Gasteiger partial charge in [0.1, 0.15) is 5.75 Å². The van der Waals surface area contributed by atoms with Gasteiger partial charge in [-0.05, 0) is 37.9 Å². The van der Waals surface area contributed by atoms with Crippen molar-refractivity contribution in [1.29, 1.82) is 0 Å². The lowest BCUT2D eigenvalue weighted by Gasteiger charge is -2.05.